The molecular formula is C12H16ClF2NO. The van der Waals surface area contributed by atoms with E-state index in [1.54, 1.807) is 6.92 Å². The van der Waals surface area contributed by atoms with Crippen LogP contribution in [0, 0.1) is 24.5 Å². The van der Waals surface area contributed by atoms with Gasteiger partial charge in [-0.25, -0.2) is 8.78 Å². The highest BCUT2D eigenvalue weighted by Crippen LogP contribution is 2.38. The average molecular weight is 264 g/mol. The Bertz CT molecular complexity index is 410. The maximum Gasteiger partial charge on any atom is 0.133 e. The van der Waals surface area contributed by atoms with Crippen LogP contribution in [0.3, 0.4) is 0 Å². The normalized spacial score (nSPS) is 18.4. The molecule has 2 atom stereocenters. The summed E-state index contributed by atoms with van der Waals surface area (Å²) in [6, 6.07) is 1.57. The van der Waals surface area contributed by atoms with Crippen LogP contribution in [-0.2, 0) is 0 Å². The minimum Gasteiger partial charge on any atom is -0.391 e. The third-order valence-electron chi connectivity index (χ3n) is 3.13. The third kappa shape index (κ3) is 2.76. The van der Waals surface area contributed by atoms with Crippen molar-refractivity contribution in [3.05, 3.63) is 34.9 Å². The molecule has 1 aliphatic rings. The molecule has 3 N–H and O–H groups in total. The van der Waals surface area contributed by atoms with E-state index in [1.807, 2.05) is 0 Å². The summed E-state index contributed by atoms with van der Waals surface area (Å²) >= 11 is 0. The molecule has 0 aliphatic heterocycles. The fourth-order valence-corrected chi connectivity index (χ4v) is 1.89. The second-order valence-electron chi connectivity index (χ2n) is 4.45. The van der Waals surface area contributed by atoms with Gasteiger partial charge in [0.2, 0.25) is 0 Å². The van der Waals surface area contributed by atoms with Gasteiger partial charge in [-0.15, -0.1) is 12.4 Å². The van der Waals surface area contributed by atoms with E-state index >= 15 is 0 Å². The molecule has 1 aromatic carbocycles. The molecule has 0 unspecified atom stereocenters. The van der Waals surface area contributed by atoms with Crippen LogP contribution in [-0.4, -0.2) is 11.2 Å². The number of aliphatic hydroxyl groups excluding tert-OH is 1. The zero-order valence-electron chi connectivity index (χ0n) is 9.49. The van der Waals surface area contributed by atoms with Crippen LogP contribution in [0.4, 0.5) is 8.78 Å². The van der Waals surface area contributed by atoms with Gasteiger partial charge in [0.1, 0.15) is 11.6 Å². The average Bonchev–Trinajstić information content (AvgIpc) is 3.06. The molecule has 0 saturated heterocycles. The molecule has 1 aromatic rings. The van der Waals surface area contributed by atoms with Crippen molar-refractivity contribution < 1.29 is 13.9 Å². The Morgan fingerprint density at radius 1 is 1.35 bits per heavy atom. The molecule has 1 saturated carbocycles. The predicted octanol–water partition coefficient (Wildman–Crippen LogP) is 2.47. The highest BCUT2D eigenvalue weighted by atomic mass is 35.5. The zero-order chi connectivity index (χ0) is 11.9. The van der Waals surface area contributed by atoms with Crippen molar-refractivity contribution in [3.63, 3.8) is 0 Å². The fourth-order valence-electron chi connectivity index (χ4n) is 1.89. The molecule has 96 valence electrons. The van der Waals surface area contributed by atoms with Crippen molar-refractivity contribution in [1.82, 2.24) is 0 Å². The lowest BCUT2D eigenvalue weighted by molar-refractivity contribution is 0.119. The standard InChI is InChI=1S/C12H15F2NO.ClH/c1-6-2-5-8(13)9(10(6)14)11(15)12(16)7-3-4-7;/h2,5,7,11-12,16H,3-4,15H2,1H3;1H/t11-,12+;/m1./s1. The third-order valence-corrected chi connectivity index (χ3v) is 3.13. The summed E-state index contributed by atoms with van der Waals surface area (Å²) in [5.74, 6) is -1.24. The number of hydrogen-bond acceptors (Lipinski definition) is 2. The van der Waals surface area contributed by atoms with Crippen molar-refractivity contribution in [2.45, 2.75) is 31.9 Å². The van der Waals surface area contributed by atoms with Gasteiger partial charge in [-0.2, -0.15) is 0 Å². The summed E-state index contributed by atoms with van der Waals surface area (Å²) in [4.78, 5) is 0. The van der Waals surface area contributed by atoms with E-state index in [9.17, 15) is 13.9 Å². The number of rotatable bonds is 3. The lowest BCUT2D eigenvalue weighted by Crippen LogP contribution is -2.29. The number of halogens is 3. The van der Waals surface area contributed by atoms with Gasteiger partial charge in [0.25, 0.3) is 0 Å². The van der Waals surface area contributed by atoms with E-state index in [4.69, 9.17) is 5.73 Å². The summed E-state index contributed by atoms with van der Waals surface area (Å²) < 4.78 is 27.2. The first-order valence-electron chi connectivity index (χ1n) is 5.40. The van der Waals surface area contributed by atoms with Crippen molar-refractivity contribution >= 4 is 12.4 Å². The topological polar surface area (TPSA) is 46.2 Å². The predicted molar refractivity (Wildman–Crippen MR) is 64.0 cm³/mol. The largest absolute Gasteiger partial charge is 0.391 e. The van der Waals surface area contributed by atoms with Gasteiger partial charge in [-0.05, 0) is 37.3 Å². The van der Waals surface area contributed by atoms with Gasteiger partial charge in [0.15, 0.2) is 0 Å². The van der Waals surface area contributed by atoms with Crippen molar-refractivity contribution in [2.75, 3.05) is 0 Å². The van der Waals surface area contributed by atoms with Gasteiger partial charge in [0, 0.05) is 5.56 Å². The Morgan fingerprint density at radius 3 is 2.47 bits per heavy atom. The zero-order valence-corrected chi connectivity index (χ0v) is 10.3. The first-order valence-corrected chi connectivity index (χ1v) is 5.40. The first kappa shape index (κ1) is 14.4. The van der Waals surface area contributed by atoms with Crippen LogP contribution < -0.4 is 5.73 Å². The Hall–Kier alpha value is -0.710. The molecular weight excluding hydrogens is 248 g/mol. The van der Waals surface area contributed by atoms with Gasteiger partial charge in [0.05, 0.1) is 12.1 Å². The summed E-state index contributed by atoms with van der Waals surface area (Å²) in [5, 5.41) is 9.79. The van der Waals surface area contributed by atoms with Gasteiger partial charge < -0.3 is 10.8 Å². The summed E-state index contributed by atoms with van der Waals surface area (Å²) in [7, 11) is 0. The van der Waals surface area contributed by atoms with Gasteiger partial charge in [-0.3, -0.25) is 0 Å². The minimum atomic E-state index is -0.979. The van der Waals surface area contributed by atoms with Crippen LogP contribution in [0.2, 0.25) is 0 Å². The van der Waals surface area contributed by atoms with Crippen LogP contribution in [0.15, 0.2) is 12.1 Å². The number of nitrogens with two attached hydrogens (primary N) is 1. The SMILES string of the molecule is Cc1ccc(F)c([C@@H](N)[C@@H](O)C2CC2)c1F.Cl. The van der Waals surface area contributed by atoms with Crippen LogP contribution in [0.5, 0.6) is 0 Å². The summed E-state index contributed by atoms with van der Waals surface area (Å²) in [6.07, 6.45) is 0.902. The van der Waals surface area contributed by atoms with E-state index in [-0.39, 0.29) is 23.9 Å². The van der Waals surface area contributed by atoms with Crippen molar-refractivity contribution in [3.8, 4) is 0 Å². The molecule has 5 heteroatoms. The van der Waals surface area contributed by atoms with Crippen LogP contribution in [0.25, 0.3) is 0 Å². The number of aliphatic hydroxyl groups is 1. The molecule has 1 fully saturated rings. The molecule has 0 aromatic heterocycles. The van der Waals surface area contributed by atoms with Crippen LogP contribution >= 0.6 is 12.4 Å². The van der Waals surface area contributed by atoms with E-state index < -0.39 is 23.8 Å². The smallest absolute Gasteiger partial charge is 0.133 e. The molecule has 1 aliphatic carbocycles. The molecule has 0 radical (unpaired) electrons. The number of hydrogen-bond donors (Lipinski definition) is 2. The lowest BCUT2D eigenvalue weighted by atomic mass is 9.96. The molecule has 0 amide bonds. The lowest BCUT2D eigenvalue weighted by Gasteiger charge is -2.20. The molecule has 0 spiro atoms. The Kier molecular flexibility index (Phi) is 4.47. The van der Waals surface area contributed by atoms with E-state index in [0.717, 1.165) is 12.8 Å². The molecule has 0 heterocycles. The Labute approximate surface area is 105 Å². The second kappa shape index (κ2) is 5.29. The van der Waals surface area contributed by atoms with E-state index in [0.29, 0.717) is 5.56 Å². The first-order chi connectivity index (χ1) is 7.52. The number of aryl methyl sites for hydroxylation is 1. The van der Waals surface area contributed by atoms with Crippen LogP contribution in [0.1, 0.15) is 30.0 Å². The van der Waals surface area contributed by atoms with Crippen molar-refractivity contribution in [2.24, 2.45) is 11.7 Å². The minimum absolute atomic E-state index is 0. The fraction of sp³-hybridized carbons (Fsp3) is 0.500. The Morgan fingerprint density at radius 2 is 1.94 bits per heavy atom. The Balaban J connectivity index is 0.00000144. The molecule has 0 bridgehead atoms. The monoisotopic (exact) mass is 263 g/mol. The summed E-state index contributed by atoms with van der Waals surface area (Å²) in [5.41, 5.74) is 5.87. The van der Waals surface area contributed by atoms with E-state index in [2.05, 4.69) is 0 Å². The van der Waals surface area contributed by atoms with Crippen molar-refractivity contribution in [1.29, 1.82) is 0 Å². The maximum atomic E-state index is 13.7. The highest BCUT2D eigenvalue weighted by Gasteiger charge is 2.36. The van der Waals surface area contributed by atoms with Gasteiger partial charge in [-0.1, -0.05) is 6.07 Å². The second-order valence-corrected chi connectivity index (χ2v) is 4.45. The maximum absolute atomic E-state index is 13.7. The molecule has 2 nitrogen and oxygen atoms in total. The summed E-state index contributed by atoms with van der Waals surface area (Å²) in [6.45, 7) is 1.55. The molecule has 2 rings (SSSR count). The quantitative estimate of drug-likeness (QED) is 0.880. The molecule has 17 heavy (non-hydrogen) atoms. The number of benzene rings is 1. The highest BCUT2D eigenvalue weighted by molar-refractivity contribution is 5.85. The van der Waals surface area contributed by atoms with E-state index in [1.165, 1.54) is 12.1 Å². The van der Waals surface area contributed by atoms with Gasteiger partial charge >= 0.3 is 0 Å².